The Balaban J connectivity index is 1.45. The number of ether oxygens (including phenoxy) is 1. The van der Waals surface area contributed by atoms with Gasteiger partial charge in [0.05, 0.1) is 17.8 Å². The Morgan fingerprint density at radius 2 is 2.17 bits per heavy atom. The van der Waals surface area contributed by atoms with Crippen molar-refractivity contribution >= 4 is 28.9 Å². The number of nitrogens with one attached hydrogen (secondary N) is 3. The summed E-state index contributed by atoms with van der Waals surface area (Å²) >= 11 is 0. The number of carbonyl (C=O) groups excluding carboxylic acids is 1. The fourth-order valence-electron chi connectivity index (χ4n) is 4.79. The lowest BCUT2D eigenvalue weighted by Gasteiger charge is -2.37. The summed E-state index contributed by atoms with van der Waals surface area (Å²) in [7, 11) is 3.44. The Kier molecular flexibility index (Phi) is 5.96. The van der Waals surface area contributed by atoms with Crippen LogP contribution in [-0.4, -0.2) is 57.0 Å². The molecular weight excluding hydrogens is 453 g/mol. The van der Waals surface area contributed by atoms with E-state index >= 15 is 0 Å². The van der Waals surface area contributed by atoms with Gasteiger partial charge in [0.15, 0.2) is 5.65 Å². The third-order valence-corrected chi connectivity index (χ3v) is 7.04. The van der Waals surface area contributed by atoms with E-state index in [1.807, 2.05) is 12.3 Å². The topological polar surface area (TPSA) is 115 Å². The lowest BCUT2D eigenvalue weighted by Crippen LogP contribution is -2.38. The summed E-state index contributed by atoms with van der Waals surface area (Å²) in [5.41, 5.74) is 0.504. The van der Waals surface area contributed by atoms with E-state index < -0.39 is 18.1 Å². The highest BCUT2D eigenvalue weighted by Crippen LogP contribution is 2.37. The molecule has 10 nitrogen and oxygen atoms in total. The largest absolute Gasteiger partial charge is 0.378 e. The fourth-order valence-corrected chi connectivity index (χ4v) is 4.79. The van der Waals surface area contributed by atoms with Crippen molar-refractivity contribution < 1.29 is 13.9 Å². The number of methoxy groups -OCH3 is 1. The minimum Gasteiger partial charge on any atom is -0.378 e. The number of fused-ring (bicyclic) bond motifs is 1. The van der Waals surface area contributed by atoms with Crippen LogP contribution in [0.2, 0.25) is 0 Å². The molecule has 186 valence electrons. The highest BCUT2D eigenvalue weighted by molar-refractivity contribution is 6.00. The lowest BCUT2D eigenvalue weighted by molar-refractivity contribution is -0.0375. The van der Waals surface area contributed by atoms with Crippen LogP contribution in [-0.2, 0) is 4.74 Å². The van der Waals surface area contributed by atoms with Crippen molar-refractivity contribution in [3.05, 3.63) is 46.5 Å². The molecule has 3 N–H and O–H groups in total. The molecule has 0 bridgehead atoms. The zero-order valence-corrected chi connectivity index (χ0v) is 20.0. The van der Waals surface area contributed by atoms with E-state index in [-0.39, 0.29) is 22.8 Å². The first-order chi connectivity index (χ1) is 16.8. The van der Waals surface area contributed by atoms with E-state index in [0.717, 1.165) is 25.7 Å². The third kappa shape index (κ3) is 4.47. The van der Waals surface area contributed by atoms with Crippen LogP contribution in [0.4, 0.5) is 21.7 Å². The molecular formula is C24H30FN7O3. The molecule has 4 atom stereocenters. The van der Waals surface area contributed by atoms with Gasteiger partial charge in [-0.1, -0.05) is 0 Å². The van der Waals surface area contributed by atoms with Gasteiger partial charge in [0.1, 0.15) is 29.1 Å². The molecule has 2 fully saturated rings. The summed E-state index contributed by atoms with van der Waals surface area (Å²) < 4.78 is 22.2. The van der Waals surface area contributed by atoms with Gasteiger partial charge in [-0.25, -0.2) is 9.37 Å². The monoisotopic (exact) mass is 483 g/mol. The van der Waals surface area contributed by atoms with E-state index in [2.05, 4.69) is 33.0 Å². The number of hydrogen-bond acceptors (Lipinski definition) is 7. The molecule has 0 saturated heterocycles. The van der Waals surface area contributed by atoms with E-state index in [1.54, 1.807) is 30.9 Å². The average Bonchev–Trinajstić information content (AvgIpc) is 3.36. The zero-order valence-electron chi connectivity index (χ0n) is 20.0. The number of halogens is 1. The van der Waals surface area contributed by atoms with Crippen LogP contribution in [0.3, 0.4) is 0 Å². The van der Waals surface area contributed by atoms with Crippen LogP contribution in [0.25, 0.3) is 5.65 Å². The van der Waals surface area contributed by atoms with Crippen LogP contribution in [0.15, 0.2) is 35.4 Å². The van der Waals surface area contributed by atoms with E-state index in [4.69, 9.17) is 4.74 Å². The number of hydrogen-bond donors (Lipinski definition) is 3. The molecule has 3 aromatic rings. The van der Waals surface area contributed by atoms with Gasteiger partial charge in [-0.15, -0.1) is 0 Å². The standard InChI is InChI=1S/C24H30FN7O3/c1-24(35-3)8-4-6-14(12-24)31-9-5-7-17(23(31)34)28-19-11-20(26-2)32-21(30-19)15(13-27-32)22(33)29-18-10-16(18)25/h5,7,9,11,13-14,16,18,26H,4,6,8,10,12H2,1-3H3,(H,28,30)(H,29,33)/t14?,16-,18+,24-/m0/s1. The molecule has 0 aliphatic heterocycles. The molecule has 5 rings (SSSR count). The summed E-state index contributed by atoms with van der Waals surface area (Å²) in [4.78, 5) is 30.6. The van der Waals surface area contributed by atoms with Gasteiger partial charge in [-0.3, -0.25) is 9.59 Å². The number of amides is 1. The van der Waals surface area contributed by atoms with Crippen LogP contribution in [0, 0.1) is 0 Å². The second kappa shape index (κ2) is 8.95. The molecule has 2 saturated carbocycles. The normalized spacial score (nSPS) is 25.9. The molecule has 1 unspecified atom stereocenters. The summed E-state index contributed by atoms with van der Waals surface area (Å²) in [6.07, 6.45) is 6.15. The van der Waals surface area contributed by atoms with E-state index in [9.17, 15) is 14.0 Å². The van der Waals surface area contributed by atoms with Crippen molar-refractivity contribution in [1.29, 1.82) is 0 Å². The molecule has 0 radical (unpaired) electrons. The number of aromatic nitrogens is 4. The molecule has 2 aliphatic carbocycles. The summed E-state index contributed by atoms with van der Waals surface area (Å²) in [6, 6.07) is 4.82. The van der Waals surface area contributed by atoms with Crippen molar-refractivity contribution in [1.82, 2.24) is 24.5 Å². The summed E-state index contributed by atoms with van der Waals surface area (Å²) in [6.45, 7) is 2.08. The Bertz CT molecular complexity index is 1320. The fraction of sp³-hybridized carbons (Fsp3) is 0.500. The summed E-state index contributed by atoms with van der Waals surface area (Å²) in [5, 5.41) is 13.1. The molecule has 11 heteroatoms. The van der Waals surface area contributed by atoms with Crippen LogP contribution < -0.4 is 21.5 Å². The number of rotatable bonds is 7. The van der Waals surface area contributed by atoms with Crippen molar-refractivity contribution in [2.75, 3.05) is 24.8 Å². The van der Waals surface area contributed by atoms with Gasteiger partial charge in [-0.2, -0.15) is 9.61 Å². The number of nitrogens with zero attached hydrogens (tertiary/aromatic N) is 4. The van der Waals surface area contributed by atoms with E-state index in [0.29, 0.717) is 29.4 Å². The number of carbonyl (C=O) groups is 1. The first-order valence-electron chi connectivity index (χ1n) is 11.9. The SMILES string of the molecule is CNc1cc(Nc2cccn(C3CCC[C@](C)(OC)C3)c2=O)nc2c(C(=O)N[C@@H]3C[C@@H]3F)cnn12. The number of anilines is 3. The highest BCUT2D eigenvalue weighted by Gasteiger charge is 2.39. The highest BCUT2D eigenvalue weighted by atomic mass is 19.1. The number of pyridine rings is 1. The van der Waals surface area contributed by atoms with Gasteiger partial charge in [0.25, 0.3) is 11.5 Å². The van der Waals surface area contributed by atoms with Crippen molar-refractivity contribution in [2.24, 2.45) is 0 Å². The Morgan fingerprint density at radius 1 is 1.37 bits per heavy atom. The van der Waals surface area contributed by atoms with Crippen molar-refractivity contribution in [3.8, 4) is 0 Å². The quantitative estimate of drug-likeness (QED) is 0.473. The first kappa shape index (κ1) is 23.3. The third-order valence-electron chi connectivity index (χ3n) is 7.04. The zero-order chi connectivity index (χ0) is 24.7. The average molecular weight is 484 g/mol. The molecule has 0 aromatic carbocycles. The van der Waals surface area contributed by atoms with Gasteiger partial charge in [0, 0.05) is 38.9 Å². The smallest absolute Gasteiger partial charge is 0.274 e. The maximum atomic E-state index is 13.4. The maximum Gasteiger partial charge on any atom is 0.274 e. The van der Waals surface area contributed by atoms with Crippen LogP contribution in [0.1, 0.15) is 55.4 Å². The minimum absolute atomic E-state index is 0.0399. The molecule has 35 heavy (non-hydrogen) atoms. The lowest BCUT2D eigenvalue weighted by atomic mass is 9.83. The second-order valence-electron chi connectivity index (χ2n) is 9.57. The second-order valence-corrected chi connectivity index (χ2v) is 9.57. The molecule has 0 spiro atoms. The van der Waals surface area contributed by atoms with Gasteiger partial charge < -0.3 is 25.3 Å². The van der Waals surface area contributed by atoms with Crippen LogP contribution >= 0.6 is 0 Å². The Hall–Kier alpha value is -3.47. The van der Waals surface area contributed by atoms with Crippen molar-refractivity contribution in [3.63, 3.8) is 0 Å². The van der Waals surface area contributed by atoms with Crippen LogP contribution in [0.5, 0.6) is 0 Å². The first-order valence-corrected chi connectivity index (χ1v) is 11.9. The molecule has 1 amide bonds. The molecule has 3 heterocycles. The minimum atomic E-state index is -1.01. The van der Waals surface area contributed by atoms with Gasteiger partial charge in [-0.05, 0) is 44.7 Å². The predicted octanol–water partition coefficient (Wildman–Crippen LogP) is 3.04. The Labute approximate surface area is 201 Å². The molecule has 2 aliphatic rings. The maximum absolute atomic E-state index is 13.4. The molecule has 3 aromatic heterocycles. The predicted molar refractivity (Wildman–Crippen MR) is 130 cm³/mol. The number of alkyl halides is 1. The van der Waals surface area contributed by atoms with Crippen molar-refractivity contribution in [2.45, 2.75) is 62.9 Å². The Morgan fingerprint density at radius 3 is 2.89 bits per heavy atom. The van der Waals surface area contributed by atoms with Gasteiger partial charge >= 0.3 is 0 Å². The van der Waals surface area contributed by atoms with Gasteiger partial charge in [0.2, 0.25) is 0 Å². The summed E-state index contributed by atoms with van der Waals surface area (Å²) in [5.74, 6) is 0.523. The van der Waals surface area contributed by atoms with E-state index in [1.165, 1.54) is 10.7 Å².